The molecule has 2 aromatic heterocycles. The second-order valence-corrected chi connectivity index (χ2v) is 8.55. The molecule has 0 unspecified atom stereocenters. The molecule has 4 rings (SSSR count). The highest BCUT2D eigenvalue weighted by Crippen LogP contribution is 2.27. The largest absolute Gasteiger partial charge is 0.464 e. The van der Waals surface area contributed by atoms with Gasteiger partial charge in [-0.25, -0.2) is 9.18 Å². The summed E-state index contributed by atoms with van der Waals surface area (Å²) in [6.07, 6.45) is 1.32. The van der Waals surface area contributed by atoms with E-state index in [1.165, 1.54) is 4.90 Å². The van der Waals surface area contributed by atoms with E-state index in [1.807, 2.05) is 6.07 Å². The molecular weight excluding hydrogens is 401 g/mol. The van der Waals surface area contributed by atoms with E-state index < -0.39 is 29.8 Å². The second kappa shape index (κ2) is 8.02. The number of hydrogen-bond acceptors (Lipinski definition) is 5. The first-order chi connectivity index (χ1) is 14.7. The Bertz CT molecular complexity index is 1100. The van der Waals surface area contributed by atoms with Gasteiger partial charge >= 0.3 is 6.09 Å². The number of alkyl halides is 1. The summed E-state index contributed by atoms with van der Waals surface area (Å²) < 4.78 is 25.1. The van der Waals surface area contributed by atoms with Crippen molar-refractivity contribution in [2.24, 2.45) is 0 Å². The number of carbonyl (C=O) groups excluding carboxylic acids is 2. The smallest absolute Gasteiger partial charge is 0.410 e. The van der Waals surface area contributed by atoms with Gasteiger partial charge in [-0.05, 0) is 45.0 Å². The maximum absolute atomic E-state index is 14.4. The Morgan fingerprint density at radius 1 is 1.16 bits per heavy atom. The third-order valence-corrected chi connectivity index (χ3v) is 5.02. The van der Waals surface area contributed by atoms with Crippen molar-refractivity contribution in [3.05, 3.63) is 54.4 Å². The van der Waals surface area contributed by atoms with Crippen LogP contribution in [0.4, 0.5) is 9.18 Å². The van der Waals surface area contributed by atoms with Crippen molar-refractivity contribution in [1.29, 1.82) is 0 Å². The standard InChI is InChI=1S/C23H24FN3O4/c1-23(2,3)31-22(29)27-12-17(24)18(13-27)26-21(28)15-6-4-14(5-7-15)20-16-9-11-30-19(16)8-10-25-20/h4-11,17-18H,12-13H2,1-3H3,(H,26,28)/t17-,18-/m1/s1. The molecule has 0 spiro atoms. The molecule has 2 amide bonds. The van der Waals surface area contributed by atoms with Crippen LogP contribution in [-0.4, -0.2) is 52.8 Å². The molecule has 2 atom stereocenters. The Balaban J connectivity index is 1.42. The third-order valence-electron chi connectivity index (χ3n) is 5.02. The minimum absolute atomic E-state index is 0.0618. The zero-order valence-electron chi connectivity index (χ0n) is 17.6. The Morgan fingerprint density at radius 3 is 2.61 bits per heavy atom. The Morgan fingerprint density at radius 2 is 1.90 bits per heavy atom. The van der Waals surface area contributed by atoms with E-state index in [1.54, 1.807) is 63.6 Å². The fourth-order valence-corrected chi connectivity index (χ4v) is 3.53. The van der Waals surface area contributed by atoms with Gasteiger partial charge in [-0.3, -0.25) is 9.78 Å². The Labute approximate surface area is 179 Å². The number of nitrogens with zero attached hydrogens (tertiary/aromatic N) is 2. The number of hydrogen-bond donors (Lipinski definition) is 1. The highest BCUT2D eigenvalue weighted by atomic mass is 19.1. The summed E-state index contributed by atoms with van der Waals surface area (Å²) in [6, 6.07) is 9.75. The fourth-order valence-electron chi connectivity index (χ4n) is 3.53. The van der Waals surface area contributed by atoms with E-state index in [2.05, 4.69) is 10.3 Å². The summed E-state index contributed by atoms with van der Waals surface area (Å²) in [6.45, 7) is 5.20. The molecule has 0 aliphatic carbocycles. The van der Waals surface area contributed by atoms with Crippen LogP contribution in [0.5, 0.6) is 0 Å². The first-order valence-electron chi connectivity index (χ1n) is 10.1. The Kier molecular flexibility index (Phi) is 5.39. The lowest BCUT2D eigenvalue weighted by atomic mass is 10.1. The van der Waals surface area contributed by atoms with Crippen LogP contribution in [0.15, 0.2) is 53.3 Å². The van der Waals surface area contributed by atoms with Crippen molar-refractivity contribution in [3.8, 4) is 11.3 Å². The molecule has 0 saturated carbocycles. The van der Waals surface area contributed by atoms with Gasteiger partial charge in [0, 0.05) is 29.3 Å². The fraction of sp³-hybridized carbons (Fsp3) is 0.348. The van der Waals surface area contributed by atoms with Crippen LogP contribution < -0.4 is 5.32 Å². The van der Waals surface area contributed by atoms with E-state index >= 15 is 0 Å². The van der Waals surface area contributed by atoms with Crippen molar-refractivity contribution in [1.82, 2.24) is 15.2 Å². The molecule has 3 aromatic rings. The summed E-state index contributed by atoms with van der Waals surface area (Å²) in [7, 11) is 0. The predicted octanol–water partition coefficient (Wildman–Crippen LogP) is 4.18. The number of halogens is 1. The number of likely N-dealkylation sites (tertiary alicyclic amines) is 1. The average Bonchev–Trinajstić information content (AvgIpc) is 3.33. The molecule has 1 saturated heterocycles. The van der Waals surface area contributed by atoms with Crippen LogP contribution >= 0.6 is 0 Å². The van der Waals surface area contributed by atoms with Gasteiger partial charge in [0.1, 0.15) is 17.4 Å². The lowest BCUT2D eigenvalue weighted by molar-refractivity contribution is 0.0281. The van der Waals surface area contributed by atoms with Crippen molar-refractivity contribution >= 4 is 23.0 Å². The van der Waals surface area contributed by atoms with Crippen LogP contribution in [-0.2, 0) is 4.74 Å². The summed E-state index contributed by atoms with van der Waals surface area (Å²) in [5, 5.41) is 3.57. The van der Waals surface area contributed by atoms with Crippen molar-refractivity contribution in [2.75, 3.05) is 13.1 Å². The van der Waals surface area contributed by atoms with E-state index in [4.69, 9.17) is 9.15 Å². The van der Waals surface area contributed by atoms with Gasteiger partial charge < -0.3 is 19.4 Å². The number of amides is 2. The number of rotatable bonds is 3. The molecular formula is C23H24FN3O4. The molecule has 7 nitrogen and oxygen atoms in total. The van der Waals surface area contributed by atoms with Gasteiger partial charge in [-0.1, -0.05) is 12.1 Å². The molecule has 1 aliphatic heterocycles. The molecule has 0 radical (unpaired) electrons. The molecule has 1 aromatic carbocycles. The lowest BCUT2D eigenvalue weighted by Crippen LogP contribution is -2.42. The zero-order valence-corrected chi connectivity index (χ0v) is 17.6. The highest BCUT2D eigenvalue weighted by Gasteiger charge is 2.38. The van der Waals surface area contributed by atoms with Gasteiger partial charge in [0.25, 0.3) is 5.91 Å². The lowest BCUT2D eigenvalue weighted by Gasteiger charge is -2.24. The predicted molar refractivity (Wildman–Crippen MR) is 113 cm³/mol. The number of furan rings is 1. The topological polar surface area (TPSA) is 84.7 Å². The summed E-state index contributed by atoms with van der Waals surface area (Å²) in [4.78, 5) is 30.5. The molecule has 1 fully saturated rings. The van der Waals surface area contributed by atoms with Gasteiger partial charge in [-0.15, -0.1) is 0 Å². The molecule has 1 aliphatic rings. The molecule has 31 heavy (non-hydrogen) atoms. The van der Waals surface area contributed by atoms with Gasteiger partial charge in [0.15, 0.2) is 0 Å². The monoisotopic (exact) mass is 425 g/mol. The number of fused-ring (bicyclic) bond motifs is 1. The van der Waals surface area contributed by atoms with E-state index in [-0.39, 0.29) is 13.1 Å². The van der Waals surface area contributed by atoms with E-state index in [0.717, 1.165) is 22.2 Å². The number of carbonyl (C=O) groups is 2. The summed E-state index contributed by atoms with van der Waals surface area (Å²) >= 11 is 0. The number of benzene rings is 1. The first-order valence-corrected chi connectivity index (χ1v) is 10.1. The van der Waals surface area contributed by atoms with Gasteiger partial charge in [0.05, 0.1) is 24.5 Å². The van der Waals surface area contributed by atoms with Gasteiger partial charge in [-0.2, -0.15) is 0 Å². The van der Waals surface area contributed by atoms with Crippen molar-refractivity contribution in [2.45, 2.75) is 38.6 Å². The van der Waals surface area contributed by atoms with Crippen molar-refractivity contribution < 1.29 is 23.1 Å². The van der Waals surface area contributed by atoms with E-state index in [9.17, 15) is 14.0 Å². The normalized spacial score (nSPS) is 18.9. The second-order valence-electron chi connectivity index (χ2n) is 8.55. The molecule has 8 heteroatoms. The maximum atomic E-state index is 14.4. The Hall–Kier alpha value is -3.42. The maximum Gasteiger partial charge on any atom is 0.410 e. The number of pyridine rings is 1. The molecule has 3 heterocycles. The van der Waals surface area contributed by atoms with Crippen molar-refractivity contribution in [3.63, 3.8) is 0 Å². The molecule has 162 valence electrons. The number of aromatic nitrogens is 1. The quantitative estimate of drug-likeness (QED) is 0.680. The zero-order chi connectivity index (χ0) is 22.2. The van der Waals surface area contributed by atoms with Gasteiger partial charge in [0.2, 0.25) is 0 Å². The third kappa shape index (κ3) is 4.52. The summed E-state index contributed by atoms with van der Waals surface area (Å²) in [5.41, 5.74) is 2.05. The molecule has 1 N–H and O–H groups in total. The van der Waals surface area contributed by atoms with Crippen LogP contribution in [0, 0.1) is 0 Å². The summed E-state index contributed by atoms with van der Waals surface area (Å²) in [5.74, 6) is -0.403. The minimum atomic E-state index is -1.36. The highest BCUT2D eigenvalue weighted by molar-refractivity contribution is 5.96. The van der Waals surface area contributed by atoms with Crippen LogP contribution in [0.3, 0.4) is 0 Å². The van der Waals surface area contributed by atoms with E-state index in [0.29, 0.717) is 5.56 Å². The minimum Gasteiger partial charge on any atom is -0.464 e. The van der Waals surface area contributed by atoms with Crippen LogP contribution in [0.25, 0.3) is 22.2 Å². The first kappa shape index (κ1) is 20.8. The van der Waals surface area contributed by atoms with Crippen LogP contribution in [0.1, 0.15) is 31.1 Å². The number of ether oxygens (including phenoxy) is 1. The van der Waals surface area contributed by atoms with Crippen LogP contribution in [0.2, 0.25) is 0 Å². The average molecular weight is 425 g/mol. The molecule has 0 bridgehead atoms. The number of nitrogens with one attached hydrogen (secondary N) is 1. The SMILES string of the molecule is CC(C)(C)OC(=O)N1C[C@@H](F)[C@H](NC(=O)c2ccc(-c3nccc4occc34)cc2)C1.